The summed E-state index contributed by atoms with van der Waals surface area (Å²) in [5, 5.41) is 3.91. The molecule has 1 unspecified atom stereocenters. The van der Waals surface area contributed by atoms with Crippen molar-refractivity contribution in [3.63, 3.8) is 0 Å². The first-order valence-corrected chi connectivity index (χ1v) is 7.76. The van der Waals surface area contributed by atoms with Crippen LogP contribution >= 0.6 is 0 Å². The van der Waals surface area contributed by atoms with Crippen LogP contribution in [0.25, 0.3) is 0 Å². The molecule has 1 fully saturated rings. The summed E-state index contributed by atoms with van der Waals surface area (Å²) in [6.07, 6.45) is 0.826. The fraction of sp³-hybridized carbons (Fsp3) is 0.636. The molecule has 2 rings (SSSR count). The number of rotatable bonds is 3. The number of aryl methyl sites for hydroxylation is 1. The summed E-state index contributed by atoms with van der Waals surface area (Å²) < 4.78 is 28.8. The number of nitrogens with zero attached hydrogens (tertiary/aromatic N) is 3. The summed E-state index contributed by atoms with van der Waals surface area (Å²) in [7, 11) is -0.442. The van der Waals surface area contributed by atoms with Crippen molar-refractivity contribution in [2.24, 2.45) is 7.05 Å². The van der Waals surface area contributed by atoms with E-state index in [2.05, 4.69) is 9.82 Å². The molecule has 1 aliphatic rings. The van der Waals surface area contributed by atoms with Gasteiger partial charge in [-0.25, -0.2) is 13.1 Å². The quantitative estimate of drug-likeness (QED) is 0.760. The van der Waals surface area contributed by atoms with Crippen molar-refractivity contribution in [2.45, 2.75) is 30.7 Å². The van der Waals surface area contributed by atoms with E-state index in [-0.39, 0.29) is 22.7 Å². The minimum absolute atomic E-state index is 0.0135. The van der Waals surface area contributed by atoms with E-state index in [1.54, 1.807) is 21.0 Å². The van der Waals surface area contributed by atoms with Crippen LogP contribution in [-0.4, -0.2) is 48.6 Å². The number of carbonyl (C=O) groups is 1. The van der Waals surface area contributed by atoms with Crippen LogP contribution in [0.3, 0.4) is 0 Å². The molecular formula is C11H19N5O3S. The Morgan fingerprint density at radius 3 is 2.55 bits per heavy atom. The first kappa shape index (κ1) is 14.8. The van der Waals surface area contributed by atoms with Crippen molar-refractivity contribution < 1.29 is 13.2 Å². The minimum atomic E-state index is -3.74. The second-order valence-corrected chi connectivity index (χ2v) is 6.71. The highest BCUT2D eigenvalue weighted by Crippen LogP contribution is 2.22. The van der Waals surface area contributed by atoms with Crippen molar-refractivity contribution in [1.82, 2.24) is 19.4 Å². The average Bonchev–Trinajstić information content (AvgIpc) is 2.58. The van der Waals surface area contributed by atoms with Gasteiger partial charge in [-0.15, -0.1) is 0 Å². The van der Waals surface area contributed by atoms with Crippen molar-refractivity contribution in [2.75, 3.05) is 19.3 Å². The van der Waals surface area contributed by atoms with Crippen LogP contribution in [0.1, 0.15) is 18.5 Å². The summed E-state index contributed by atoms with van der Waals surface area (Å²) in [4.78, 5) is 12.9. The molecule has 1 amide bonds. The van der Waals surface area contributed by atoms with Gasteiger partial charge in [-0.05, 0) is 13.3 Å². The summed E-state index contributed by atoms with van der Waals surface area (Å²) in [6.45, 7) is 2.01. The van der Waals surface area contributed by atoms with E-state index in [1.807, 2.05) is 0 Å². The van der Waals surface area contributed by atoms with Gasteiger partial charge in [0.25, 0.3) is 0 Å². The van der Waals surface area contributed by atoms with Gasteiger partial charge in [0, 0.05) is 33.1 Å². The molecular weight excluding hydrogens is 282 g/mol. The minimum Gasteiger partial charge on any atom is -0.381 e. The van der Waals surface area contributed by atoms with E-state index in [4.69, 9.17) is 5.73 Å². The van der Waals surface area contributed by atoms with Gasteiger partial charge in [-0.3, -0.25) is 9.48 Å². The number of nitrogens with two attached hydrogens (primary N) is 1. The lowest BCUT2D eigenvalue weighted by Gasteiger charge is -2.29. The van der Waals surface area contributed by atoms with Crippen LogP contribution in [-0.2, 0) is 21.9 Å². The number of hydrogen-bond donors (Lipinski definition) is 2. The lowest BCUT2D eigenvalue weighted by molar-refractivity contribution is -0.132. The molecule has 20 heavy (non-hydrogen) atoms. The summed E-state index contributed by atoms with van der Waals surface area (Å²) in [5.74, 6) is 0.00950. The van der Waals surface area contributed by atoms with Gasteiger partial charge in [0.2, 0.25) is 15.9 Å². The van der Waals surface area contributed by atoms with Gasteiger partial charge >= 0.3 is 0 Å². The second kappa shape index (κ2) is 5.06. The molecule has 0 aliphatic carbocycles. The number of nitrogen functional groups attached to an aromatic ring is 1. The van der Waals surface area contributed by atoms with Crippen LogP contribution in [0, 0.1) is 6.92 Å². The molecule has 8 nitrogen and oxygen atoms in total. The van der Waals surface area contributed by atoms with Crippen LogP contribution in [0.5, 0.6) is 0 Å². The molecule has 0 aromatic carbocycles. The number of carbonyl (C=O) groups excluding carboxylic acids is 1. The van der Waals surface area contributed by atoms with Crippen molar-refractivity contribution in [1.29, 1.82) is 0 Å². The topological polar surface area (TPSA) is 110 Å². The molecule has 1 saturated heterocycles. The number of likely N-dealkylation sites (tertiary alicyclic amines) is 1. The summed E-state index contributed by atoms with van der Waals surface area (Å²) in [6, 6.07) is -0.304. The van der Waals surface area contributed by atoms with E-state index < -0.39 is 10.0 Å². The fourth-order valence-electron chi connectivity index (χ4n) is 2.33. The Morgan fingerprint density at radius 1 is 1.40 bits per heavy atom. The SMILES string of the molecule is Cc1c(S(=O)(=O)NC2CCC(=O)N(C)C2)c(N)nn1C. The number of anilines is 1. The van der Waals surface area contributed by atoms with E-state index in [9.17, 15) is 13.2 Å². The number of amides is 1. The average molecular weight is 301 g/mol. The normalized spacial score (nSPS) is 20.4. The molecule has 1 atom stereocenters. The van der Waals surface area contributed by atoms with Crippen molar-refractivity contribution in [3.8, 4) is 0 Å². The van der Waals surface area contributed by atoms with E-state index in [1.165, 1.54) is 9.58 Å². The van der Waals surface area contributed by atoms with Crippen LogP contribution in [0.2, 0.25) is 0 Å². The van der Waals surface area contributed by atoms with Gasteiger partial charge in [-0.2, -0.15) is 5.10 Å². The van der Waals surface area contributed by atoms with Gasteiger partial charge in [-0.1, -0.05) is 0 Å². The Hall–Kier alpha value is -1.61. The summed E-state index contributed by atoms with van der Waals surface area (Å²) in [5.41, 5.74) is 6.15. The second-order valence-electron chi connectivity index (χ2n) is 5.05. The monoisotopic (exact) mass is 301 g/mol. The number of hydrogen-bond acceptors (Lipinski definition) is 5. The molecule has 1 aromatic heterocycles. The molecule has 0 radical (unpaired) electrons. The molecule has 0 spiro atoms. The van der Waals surface area contributed by atoms with Crippen LogP contribution in [0.15, 0.2) is 4.90 Å². The largest absolute Gasteiger partial charge is 0.381 e. The lowest BCUT2D eigenvalue weighted by atomic mass is 10.1. The number of piperidine rings is 1. The van der Waals surface area contributed by atoms with Crippen LogP contribution < -0.4 is 10.5 Å². The van der Waals surface area contributed by atoms with Crippen molar-refractivity contribution >= 4 is 21.7 Å². The van der Waals surface area contributed by atoms with Crippen molar-refractivity contribution in [3.05, 3.63) is 5.69 Å². The molecule has 0 bridgehead atoms. The first-order chi connectivity index (χ1) is 9.22. The Morgan fingerprint density at radius 2 is 2.05 bits per heavy atom. The van der Waals surface area contributed by atoms with E-state index >= 15 is 0 Å². The maximum Gasteiger partial charge on any atom is 0.246 e. The predicted octanol–water partition coefficient (Wildman–Crippen LogP) is -0.790. The number of nitrogens with one attached hydrogen (secondary N) is 1. The highest BCUT2D eigenvalue weighted by atomic mass is 32.2. The number of aromatic nitrogens is 2. The Labute approximate surface area is 118 Å². The molecule has 0 saturated carbocycles. The molecule has 9 heteroatoms. The van der Waals surface area contributed by atoms with Gasteiger partial charge in [0.1, 0.15) is 4.90 Å². The molecule has 112 valence electrons. The van der Waals surface area contributed by atoms with E-state index in [0.717, 1.165) is 0 Å². The van der Waals surface area contributed by atoms with Gasteiger partial charge < -0.3 is 10.6 Å². The highest BCUT2D eigenvalue weighted by molar-refractivity contribution is 7.89. The molecule has 1 aliphatic heterocycles. The molecule has 1 aromatic rings. The third-order valence-corrected chi connectivity index (χ3v) is 5.21. The zero-order valence-electron chi connectivity index (χ0n) is 11.8. The zero-order valence-corrected chi connectivity index (χ0v) is 12.6. The number of sulfonamides is 1. The Balaban J connectivity index is 2.22. The third-order valence-electron chi connectivity index (χ3n) is 3.52. The lowest BCUT2D eigenvalue weighted by Crippen LogP contribution is -2.48. The first-order valence-electron chi connectivity index (χ1n) is 6.27. The van der Waals surface area contributed by atoms with Gasteiger partial charge in [0.05, 0.1) is 5.69 Å². The van der Waals surface area contributed by atoms with Gasteiger partial charge in [0.15, 0.2) is 5.82 Å². The maximum atomic E-state index is 12.4. The van der Waals surface area contributed by atoms with E-state index in [0.29, 0.717) is 25.1 Å². The highest BCUT2D eigenvalue weighted by Gasteiger charge is 2.30. The fourth-order valence-corrected chi connectivity index (χ4v) is 3.92. The Bertz CT molecular complexity index is 637. The number of likely N-dealkylation sites (N-methyl/N-ethyl adjacent to an activating group) is 1. The predicted molar refractivity (Wildman–Crippen MR) is 73.3 cm³/mol. The zero-order chi connectivity index (χ0) is 15.1. The smallest absolute Gasteiger partial charge is 0.246 e. The summed E-state index contributed by atoms with van der Waals surface area (Å²) >= 11 is 0. The third kappa shape index (κ3) is 2.63. The molecule has 2 heterocycles. The Kier molecular flexibility index (Phi) is 3.74. The molecule has 3 N–H and O–H groups in total. The maximum absolute atomic E-state index is 12.4. The standard InChI is InChI=1S/C11H19N5O3S/c1-7-10(11(12)13-16(7)3)20(18,19)14-8-4-5-9(17)15(2)6-8/h8,14H,4-6H2,1-3H3,(H2,12,13). The van der Waals surface area contributed by atoms with Crippen LogP contribution in [0.4, 0.5) is 5.82 Å².